The molecule has 0 saturated heterocycles. The summed E-state index contributed by atoms with van der Waals surface area (Å²) in [6, 6.07) is 1.19. The predicted molar refractivity (Wildman–Crippen MR) is 71.4 cm³/mol. The number of aliphatic hydroxyl groups excluding tert-OH is 1. The number of nitrogens with one attached hydrogen (secondary N) is 3. The number of amides is 3. The van der Waals surface area contributed by atoms with Gasteiger partial charge in [0.1, 0.15) is 29.0 Å². The maximum absolute atomic E-state index is 12.7. The number of anilines is 1. The summed E-state index contributed by atoms with van der Waals surface area (Å²) in [5.74, 6) is 1.22. The molecule has 0 fully saturated rings. The third-order valence-electron chi connectivity index (χ3n) is 2.87. The van der Waals surface area contributed by atoms with Crippen LogP contribution in [-0.4, -0.2) is 33.9 Å². The molecule has 0 bridgehead atoms. The first-order chi connectivity index (χ1) is 10.4. The van der Waals surface area contributed by atoms with Gasteiger partial charge in [-0.15, -0.1) is 0 Å². The maximum atomic E-state index is 12.7. The molecule has 3 amide bonds. The van der Waals surface area contributed by atoms with E-state index in [0.29, 0.717) is 0 Å². The Bertz CT molecular complexity index is 658. The van der Waals surface area contributed by atoms with Crippen LogP contribution in [0.15, 0.2) is 29.7 Å². The molecule has 0 saturated carbocycles. The standard InChI is InChI=1S/C12H12FN5O4/c13-5-1-2-8(15-4-5)17-12(22)9-7(19)3-6(10(20)18-14)16-11(9)21/h1-2,4,6,19H,3,14H2,(H,16,21)(H,18,20)(H,15,17,22). The molecular weight excluding hydrogens is 297 g/mol. The minimum atomic E-state index is -1.07. The lowest BCUT2D eigenvalue weighted by atomic mass is 10.0. The number of nitrogens with zero attached hydrogens (tertiary/aromatic N) is 1. The number of hydrazine groups is 1. The second kappa shape index (κ2) is 6.18. The Kier molecular flexibility index (Phi) is 4.32. The fourth-order valence-electron chi connectivity index (χ4n) is 1.83. The van der Waals surface area contributed by atoms with Crippen molar-refractivity contribution in [1.82, 2.24) is 15.7 Å². The lowest BCUT2D eigenvalue weighted by Crippen LogP contribution is -2.52. The van der Waals surface area contributed by atoms with Gasteiger partial charge in [-0.2, -0.15) is 0 Å². The molecule has 1 atom stereocenters. The molecular formula is C12H12FN5O4. The van der Waals surface area contributed by atoms with Gasteiger partial charge in [0.05, 0.1) is 6.20 Å². The van der Waals surface area contributed by atoms with Crippen molar-refractivity contribution in [3.05, 3.63) is 35.5 Å². The first-order valence-electron chi connectivity index (χ1n) is 6.08. The summed E-state index contributed by atoms with van der Waals surface area (Å²) < 4.78 is 12.7. The molecule has 116 valence electrons. The molecule has 9 nitrogen and oxygen atoms in total. The highest BCUT2D eigenvalue weighted by atomic mass is 19.1. The zero-order valence-electron chi connectivity index (χ0n) is 11.1. The lowest BCUT2D eigenvalue weighted by molar-refractivity contribution is -0.129. The second-order valence-corrected chi connectivity index (χ2v) is 4.38. The van der Waals surface area contributed by atoms with Crippen LogP contribution in [0.4, 0.5) is 10.2 Å². The molecule has 2 heterocycles. The summed E-state index contributed by atoms with van der Waals surface area (Å²) >= 11 is 0. The number of hydrogen-bond donors (Lipinski definition) is 5. The number of pyridine rings is 1. The highest BCUT2D eigenvalue weighted by molar-refractivity contribution is 6.23. The maximum Gasteiger partial charge on any atom is 0.265 e. The van der Waals surface area contributed by atoms with E-state index in [1.165, 1.54) is 6.07 Å². The Labute approximate surface area is 123 Å². The molecule has 1 unspecified atom stereocenters. The van der Waals surface area contributed by atoms with Gasteiger partial charge < -0.3 is 15.7 Å². The van der Waals surface area contributed by atoms with Crippen molar-refractivity contribution >= 4 is 23.5 Å². The summed E-state index contributed by atoms with van der Waals surface area (Å²) in [4.78, 5) is 38.7. The Morgan fingerprint density at radius 2 is 2.18 bits per heavy atom. The summed E-state index contributed by atoms with van der Waals surface area (Å²) in [5.41, 5.74) is 1.28. The summed E-state index contributed by atoms with van der Waals surface area (Å²) in [5, 5.41) is 14.3. The Hall–Kier alpha value is -3.01. The monoisotopic (exact) mass is 309 g/mol. The predicted octanol–water partition coefficient (Wildman–Crippen LogP) is -1.15. The largest absolute Gasteiger partial charge is 0.511 e. The summed E-state index contributed by atoms with van der Waals surface area (Å²) in [6.45, 7) is 0. The molecule has 1 aromatic rings. The SMILES string of the molecule is NNC(=O)C1CC(O)=C(C(=O)Nc2ccc(F)cn2)C(=O)N1. The van der Waals surface area contributed by atoms with Crippen LogP contribution in [0.25, 0.3) is 0 Å². The van der Waals surface area contributed by atoms with Gasteiger partial charge in [0.15, 0.2) is 0 Å². The lowest BCUT2D eigenvalue weighted by Gasteiger charge is -2.23. The summed E-state index contributed by atoms with van der Waals surface area (Å²) in [7, 11) is 0. The number of hydrogen-bond acceptors (Lipinski definition) is 6. The van der Waals surface area contributed by atoms with Gasteiger partial charge in [-0.1, -0.05) is 0 Å². The fraction of sp³-hybridized carbons (Fsp3) is 0.167. The highest BCUT2D eigenvalue weighted by Gasteiger charge is 2.34. The van der Waals surface area contributed by atoms with Crippen LogP contribution in [0.1, 0.15) is 6.42 Å². The number of rotatable bonds is 3. The van der Waals surface area contributed by atoms with Crippen LogP contribution < -0.4 is 21.9 Å². The van der Waals surface area contributed by atoms with Crippen LogP contribution in [0.2, 0.25) is 0 Å². The van der Waals surface area contributed by atoms with E-state index in [4.69, 9.17) is 5.84 Å². The van der Waals surface area contributed by atoms with E-state index in [-0.39, 0.29) is 12.2 Å². The van der Waals surface area contributed by atoms with Gasteiger partial charge in [-0.3, -0.25) is 19.8 Å². The normalized spacial score (nSPS) is 17.7. The summed E-state index contributed by atoms with van der Waals surface area (Å²) in [6.07, 6.45) is 0.598. The number of carbonyl (C=O) groups is 3. The van der Waals surface area contributed by atoms with Gasteiger partial charge in [0.2, 0.25) is 0 Å². The Balaban J connectivity index is 2.16. The van der Waals surface area contributed by atoms with Gasteiger partial charge in [-0.25, -0.2) is 15.2 Å². The number of aromatic nitrogens is 1. The molecule has 1 aliphatic rings. The Morgan fingerprint density at radius 1 is 1.45 bits per heavy atom. The third-order valence-corrected chi connectivity index (χ3v) is 2.87. The highest BCUT2D eigenvalue weighted by Crippen LogP contribution is 2.17. The van der Waals surface area contributed by atoms with Crippen LogP contribution in [-0.2, 0) is 14.4 Å². The third kappa shape index (κ3) is 3.17. The van der Waals surface area contributed by atoms with Crippen LogP contribution in [0.5, 0.6) is 0 Å². The van der Waals surface area contributed by atoms with E-state index >= 15 is 0 Å². The second-order valence-electron chi connectivity index (χ2n) is 4.38. The molecule has 0 radical (unpaired) electrons. The molecule has 22 heavy (non-hydrogen) atoms. The molecule has 0 aromatic carbocycles. The average Bonchev–Trinajstić information content (AvgIpc) is 2.48. The smallest absolute Gasteiger partial charge is 0.265 e. The van der Waals surface area contributed by atoms with E-state index in [1.54, 1.807) is 0 Å². The average molecular weight is 309 g/mol. The van der Waals surface area contributed by atoms with Crippen molar-refractivity contribution in [2.75, 3.05) is 5.32 Å². The van der Waals surface area contributed by atoms with Crippen molar-refractivity contribution in [3.8, 4) is 0 Å². The molecule has 2 rings (SSSR count). The molecule has 1 aliphatic heterocycles. The van der Waals surface area contributed by atoms with E-state index in [1.807, 2.05) is 5.43 Å². The quantitative estimate of drug-likeness (QED) is 0.206. The zero-order valence-corrected chi connectivity index (χ0v) is 11.1. The van der Waals surface area contributed by atoms with Gasteiger partial charge >= 0.3 is 0 Å². The van der Waals surface area contributed by atoms with E-state index in [0.717, 1.165) is 12.3 Å². The van der Waals surface area contributed by atoms with Crippen molar-refractivity contribution in [1.29, 1.82) is 0 Å². The zero-order chi connectivity index (χ0) is 16.3. The minimum Gasteiger partial charge on any atom is -0.511 e. The molecule has 10 heteroatoms. The number of carbonyl (C=O) groups excluding carboxylic acids is 3. The molecule has 0 spiro atoms. The van der Waals surface area contributed by atoms with E-state index in [2.05, 4.69) is 15.6 Å². The minimum absolute atomic E-state index is 0.00123. The topological polar surface area (TPSA) is 146 Å². The van der Waals surface area contributed by atoms with Crippen LogP contribution in [0, 0.1) is 5.82 Å². The van der Waals surface area contributed by atoms with E-state index < -0.39 is 40.9 Å². The number of aliphatic hydroxyl groups is 1. The van der Waals surface area contributed by atoms with Crippen molar-refractivity contribution in [2.45, 2.75) is 12.5 Å². The number of nitrogens with two attached hydrogens (primary N) is 1. The Morgan fingerprint density at radius 3 is 2.73 bits per heavy atom. The van der Waals surface area contributed by atoms with Crippen LogP contribution >= 0.6 is 0 Å². The van der Waals surface area contributed by atoms with Gasteiger partial charge in [0.25, 0.3) is 17.7 Å². The number of halogens is 1. The van der Waals surface area contributed by atoms with Crippen molar-refractivity contribution in [3.63, 3.8) is 0 Å². The molecule has 0 aliphatic carbocycles. The molecule has 6 N–H and O–H groups in total. The van der Waals surface area contributed by atoms with Crippen molar-refractivity contribution in [2.24, 2.45) is 5.84 Å². The van der Waals surface area contributed by atoms with Gasteiger partial charge in [-0.05, 0) is 12.1 Å². The van der Waals surface area contributed by atoms with Crippen molar-refractivity contribution < 1.29 is 23.9 Å². The molecule has 1 aromatic heterocycles. The van der Waals surface area contributed by atoms with E-state index in [9.17, 15) is 23.9 Å². The fourth-order valence-corrected chi connectivity index (χ4v) is 1.83. The van der Waals surface area contributed by atoms with Crippen LogP contribution in [0.3, 0.4) is 0 Å². The van der Waals surface area contributed by atoms with Gasteiger partial charge in [0, 0.05) is 6.42 Å². The first-order valence-corrected chi connectivity index (χ1v) is 6.08. The first kappa shape index (κ1) is 15.4.